The zero-order valence-electron chi connectivity index (χ0n) is 14.1. The molecule has 0 spiro atoms. The second-order valence-corrected chi connectivity index (χ2v) is 8.79. The summed E-state index contributed by atoms with van der Waals surface area (Å²) in [5, 5.41) is 4.61. The van der Waals surface area contributed by atoms with E-state index >= 15 is 0 Å². The lowest BCUT2D eigenvalue weighted by atomic mass is 9.78. The van der Waals surface area contributed by atoms with E-state index in [1.807, 2.05) is 6.92 Å². The standard InChI is InChI=1S/C16H22N4O3S.ClH/c1-2-15-12-6-11(7-18-16(12)23-19-15)24(21,22)20-8-10-4-3-5-14(17)13(10)9-20;/h6-7,10,13-14H,2-5,8-9,17H2,1H3;1H. The van der Waals surface area contributed by atoms with Gasteiger partial charge in [0.1, 0.15) is 4.90 Å². The maximum absolute atomic E-state index is 13.0. The highest BCUT2D eigenvalue weighted by atomic mass is 35.5. The number of fused-ring (bicyclic) bond motifs is 2. The van der Waals surface area contributed by atoms with Crippen molar-refractivity contribution in [3.05, 3.63) is 18.0 Å². The van der Waals surface area contributed by atoms with E-state index in [0.717, 1.165) is 25.0 Å². The van der Waals surface area contributed by atoms with Crippen molar-refractivity contribution < 1.29 is 12.9 Å². The molecule has 0 amide bonds. The van der Waals surface area contributed by atoms with Crippen LogP contribution in [0.1, 0.15) is 31.9 Å². The van der Waals surface area contributed by atoms with Crippen LogP contribution in [0.3, 0.4) is 0 Å². The van der Waals surface area contributed by atoms with Crippen molar-refractivity contribution in [2.24, 2.45) is 17.6 Å². The smallest absolute Gasteiger partial charge is 0.258 e. The van der Waals surface area contributed by atoms with E-state index in [-0.39, 0.29) is 29.3 Å². The second-order valence-electron chi connectivity index (χ2n) is 6.85. The molecule has 3 atom stereocenters. The minimum atomic E-state index is -3.57. The van der Waals surface area contributed by atoms with Crippen molar-refractivity contribution in [3.8, 4) is 0 Å². The predicted molar refractivity (Wildman–Crippen MR) is 96.0 cm³/mol. The number of sulfonamides is 1. The Hall–Kier alpha value is -1.22. The molecule has 2 aromatic rings. The zero-order chi connectivity index (χ0) is 16.9. The Bertz CT molecular complexity index is 869. The summed E-state index contributed by atoms with van der Waals surface area (Å²) in [6, 6.07) is 1.74. The Kier molecular flexibility index (Phi) is 5.07. The van der Waals surface area contributed by atoms with Gasteiger partial charge in [0.25, 0.3) is 5.71 Å². The van der Waals surface area contributed by atoms with Crippen LogP contribution in [0.15, 0.2) is 21.7 Å². The van der Waals surface area contributed by atoms with E-state index in [1.54, 1.807) is 10.4 Å². The Balaban J connectivity index is 0.00000182. The van der Waals surface area contributed by atoms with Gasteiger partial charge < -0.3 is 10.3 Å². The van der Waals surface area contributed by atoms with Crippen LogP contribution in [-0.4, -0.2) is 42.0 Å². The summed E-state index contributed by atoms with van der Waals surface area (Å²) < 4.78 is 32.8. The van der Waals surface area contributed by atoms with Crippen molar-refractivity contribution in [1.82, 2.24) is 14.4 Å². The number of nitrogens with zero attached hydrogens (tertiary/aromatic N) is 3. The van der Waals surface area contributed by atoms with Crippen molar-refractivity contribution in [1.29, 1.82) is 0 Å². The fourth-order valence-electron chi connectivity index (χ4n) is 4.08. The van der Waals surface area contributed by atoms with Gasteiger partial charge >= 0.3 is 0 Å². The molecule has 2 aromatic heterocycles. The van der Waals surface area contributed by atoms with Crippen molar-refractivity contribution >= 4 is 33.5 Å². The highest BCUT2D eigenvalue weighted by Crippen LogP contribution is 2.38. The molecular formula is C16H23ClN4O3S. The number of nitrogens with two attached hydrogens (primary N) is 1. The maximum Gasteiger partial charge on any atom is 0.258 e. The first-order chi connectivity index (χ1) is 11.5. The third-order valence-corrected chi connectivity index (χ3v) is 7.27. The van der Waals surface area contributed by atoms with Crippen molar-refractivity contribution in [2.45, 2.75) is 43.5 Å². The molecule has 1 aliphatic carbocycles. The van der Waals surface area contributed by atoms with Gasteiger partial charge in [-0.2, -0.15) is 4.31 Å². The van der Waals surface area contributed by atoms with Gasteiger partial charge in [-0.25, -0.2) is 13.4 Å². The van der Waals surface area contributed by atoms with Crippen molar-refractivity contribution in [2.75, 3.05) is 13.1 Å². The molecule has 0 radical (unpaired) electrons. The molecular weight excluding hydrogens is 364 g/mol. The number of pyridine rings is 1. The molecule has 3 unspecified atom stereocenters. The molecule has 0 aromatic carbocycles. The quantitative estimate of drug-likeness (QED) is 0.864. The zero-order valence-corrected chi connectivity index (χ0v) is 15.7. The van der Waals surface area contributed by atoms with Crippen LogP contribution >= 0.6 is 12.4 Å². The number of rotatable bonds is 3. The maximum atomic E-state index is 13.0. The summed E-state index contributed by atoms with van der Waals surface area (Å²) in [5.41, 5.74) is 7.31. The summed E-state index contributed by atoms with van der Waals surface area (Å²) in [6.07, 6.45) is 5.17. The first-order valence-corrected chi connectivity index (χ1v) is 9.94. The topological polar surface area (TPSA) is 102 Å². The summed E-state index contributed by atoms with van der Waals surface area (Å²) in [7, 11) is -3.57. The number of hydrogen-bond acceptors (Lipinski definition) is 6. The highest BCUT2D eigenvalue weighted by Gasteiger charge is 2.43. The minimum absolute atomic E-state index is 0. The van der Waals surface area contributed by atoms with Crippen LogP contribution < -0.4 is 5.73 Å². The summed E-state index contributed by atoms with van der Waals surface area (Å²) in [6.45, 7) is 3.02. The Morgan fingerprint density at radius 2 is 2.16 bits per heavy atom. The lowest BCUT2D eigenvalue weighted by Gasteiger charge is -2.29. The first kappa shape index (κ1) is 18.6. The van der Waals surface area contributed by atoms with Crippen LogP contribution in [0.2, 0.25) is 0 Å². The summed E-state index contributed by atoms with van der Waals surface area (Å²) in [5.74, 6) is 0.647. The van der Waals surface area contributed by atoms with Gasteiger partial charge in [-0.1, -0.05) is 18.5 Å². The fourth-order valence-corrected chi connectivity index (χ4v) is 5.58. The third-order valence-electron chi connectivity index (χ3n) is 5.47. The summed E-state index contributed by atoms with van der Waals surface area (Å²) in [4.78, 5) is 4.34. The van der Waals surface area contributed by atoms with Gasteiger partial charge in [0.2, 0.25) is 10.0 Å². The molecule has 138 valence electrons. The largest absolute Gasteiger partial charge is 0.336 e. The molecule has 25 heavy (non-hydrogen) atoms. The van der Waals surface area contributed by atoms with E-state index in [1.165, 1.54) is 6.20 Å². The molecule has 4 rings (SSSR count). The third kappa shape index (κ3) is 3.05. The van der Waals surface area contributed by atoms with Gasteiger partial charge in [0, 0.05) is 19.1 Å². The van der Waals surface area contributed by atoms with E-state index in [4.69, 9.17) is 10.3 Å². The number of hydrogen-bond donors (Lipinski definition) is 1. The average Bonchev–Trinajstić information content (AvgIpc) is 3.19. The van der Waals surface area contributed by atoms with E-state index < -0.39 is 10.0 Å². The van der Waals surface area contributed by atoms with E-state index in [2.05, 4.69) is 10.1 Å². The minimum Gasteiger partial charge on any atom is -0.336 e. The SMILES string of the molecule is CCc1noc2ncc(S(=O)(=O)N3CC4CCCC(N)C4C3)cc12.Cl. The predicted octanol–water partition coefficient (Wildman–Crippen LogP) is 1.95. The molecule has 9 heteroatoms. The molecule has 3 heterocycles. The summed E-state index contributed by atoms with van der Waals surface area (Å²) >= 11 is 0. The molecule has 1 saturated carbocycles. The Morgan fingerprint density at radius 1 is 1.36 bits per heavy atom. The molecule has 7 nitrogen and oxygen atoms in total. The number of aryl methyl sites for hydroxylation is 1. The van der Waals surface area contributed by atoms with Crippen molar-refractivity contribution in [3.63, 3.8) is 0 Å². The lowest BCUT2D eigenvalue weighted by Crippen LogP contribution is -2.38. The van der Waals surface area contributed by atoms with Crippen LogP contribution in [0, 0.1) is 11.8 Å². The number of halogens is 1. The van der Waals surface area contributed by atoms with Gasteiger partial charge in [-0.3, -0.25) is 0 Å². The van der Waals surface area contributed by atoms with Gasteiger partial charge in [0.15, 0.2) is 0 Å². The molecule has 2 N–H and O–H groups in total. The van der Waals surface area contributed by atoms with Crippen LogP contribution in [0.4, 0.5) is 0 Å². The molecule has 1 saturated heterocycles. The molecule has 0 bridgehead atoms. The van der Waals surface area contributed by atoms with E-state index in [9.17, 15) is 8.42 Å². The Labute approximate surface area is 153 Å². The molecule has 2 fully saturated rings. The van der Waals surface area contributed by atoms with E-state index in [0.29, 0.717) is 36.5 Å². The molecule has 1 aliphatic heterocycles. The van der Waals surface area contributed by atoms with Crippen LogP contribution in [0.5, 0.6) is 0 Å². The normalized spacial score (nSPS) is 27.2. The first-order valence-electron chi connectivity index (χ1n) is 8.50. The second kappa shape index (κ2) is 6.83. The Morgan fingerprint density at radius 3 is 2.88 bits per heavy atom. The number of aromatic nitrogens is 2. The van der Waals surface area contributed by atoms with Gasteiger partial charge in [0.05, 0.1) is 17.3 Å². The average molecular weight is 387 g/mol. The van der Waals surface area contributed by atoms with Crippen LogP contribution in [0.25, 0.3) is 11.1 Å². The van der Waals surface area contributed by atoms with Gasteiger partial charge in [-0.05, 0) is 37.2 Å². The van der Waals surface area contributed by atoms with Gasteiger partial charge in [-0.15, -0.1) is 12.4 Å². The lowest BCUT2D eigenvalue weighted by molar-refractivity contribution is 0.260. The monoisotopic (exact) mass is 386 g/mol. The molecule has 2 aliphatic rings. The van der Waals surface area contributed by atoms with Crippen LogP contribution in [-0.2, 0) is 16.4 Å². The highest BCUT2D eigenvalue weighted by molar-refractivity contribution is 7.89. The fraction of sp³-hybridized carbons (Fsp3) is 0.625.